The molecule has 0 amide bonds. The minimum atomic E-state index is -0.979. The van der Waals surface area contributed by atoms with Crippen molar-refractivity contribution in [2.75, 3.05) is 0 Å². The first-order valence-electron chi connectivity index (χ1n) is 5.00. The fourth-order valence-electron chi connectivity index (χ4n) is 1.48. The van der Waals surface area contributed by atoms with Crippen molar-refractivity contribution in [1.29, 1.82) is 0 Å². The Kier molecular flexibility index (Phi) is 2.91. The summed E-state index contributed by atoms with van der Waals surface area (Å²) in [4.78, 5) is 14.6. The molecule has 0 aliphatic rings. The van der Waals surface area contributed by atoms with Crippen LogP contribution in [0.1, 0.15) is 11.5 Å². The number of carbonyl (C=O) groups is 1. The van der Waals surface area contributed by atoms with Gasteiger partial charge in [0, 0.05) is 5.56 Å². The van der Waals surface area contributed by atoms with Crippen molar-refractivity contribution < 1.29 is 18.7 Å². The number of carboxylic acids is 1. The molecule has 88 valence electrons. The van der Waals surface area contributed by atoms with Crippen molar-refractivity contribution in [2.24, 2.45) is 0 Å². The van der Waals surface area contributed by atoms with E-state index in [0.717, 1.165) is 0 Å². The summed E-state index contributed by atoms with van der Waals surface area (Å²) >= 11 is 0. The number of hydrogen-bond donors (Lipinski definition) is 1. The smallest absolute Gasteiger partial charge is 0.309 e. The summed E-state index contributed by atoms with van der Waals surface area (Å²) in [6, 6.07) is 5.80. The van der Waals surface area contributed by atoms with E-state index in [1.165, 1.54) is 12.1 Å². The maximum absolute atomic E-state index is 13.0. The fourth-order valence-corrected chi connectivity index (χ4v) is 1.48. The number of nitrogens with zero attached hydrogens (tertiary/aromatic N) is 1. The van der Waals surface area contributed by atoms with E-state index in [0.29, 0.717) is 17.0 Å². The Bertz CT molecular complexity index is 563. The number of benzene rings is 1. The van der Waals surface area contributed by atoms with Gasteiger partial charge in [0.2, 0.25) is 5.89 Å². The van der Waals surface area contributed by atoms with Gasteiger partial charge in [-0.15, -0.1) is 0 Å². The Hall–Kier alpha value is -2.17. The molecular formula is C12H10FNO3. The van der Waals surface area contributed by atoms with Gasteiger partial charge in [-0.3, -0.25) is 4.79 Å². The molecule has 0 unspecified atom stereocenters. The summed E-state index contributed by atoms with van der Waals surface area (Å²) < 4.78 is 18.3. The number of rotatable bonds is 3. The zero-order valence-electron chi connectivity index (χ0n) is 9.11. The van der Waals surface area contributed by atoms with E-state index in [-0.39, 0.29) is 12.3 Å². The van der Waals surface area contributed by atoms with Crippen LogP contribution in [-0.4, -0.2) is 16.1 Å². The van der Waals surface area contributed by atoms with Crippen LogP contribution in [0.2, 0.25) is 0 Å². The molecule has 1 N–H and O–H groups in total. The van der Waals surface area contributed by atoms with Gasteiger partial charge in [0.05, 0.1) is 12.1 Å². The zero-order valence-corrected chi connectivity index (χ0v) is 9.11. The molecule has 4 nitrogen and oxygen atoms in total. The third kappa shape index (κ3) is 2.50. The lowest BCUT2D eigenvalue weighted by Crippen LogP contribution is -2.01. The molecule has 1 aromatic carbocycles. The van der Waals surface area contributed by atoms with Crippen molar-refractivity contribution in [1.82, 2.24) is 4.98 Å². The summed E-state index contributed by atoms with van der Waals surface area (Å²) in [6.45, 7) is 1.63. The lowest BCUT2D eigenvalue weighted by molar-refractivity contribution is -0.136. The molecule has 0 saturated carbocycles. The van der Waals surface area contributed by atoms with Gasteiger partial charge in [0.25, 0.3) is 0 Å². The number of hydrogen-bond acceptors (Lipinski definition) is 3. The minimum Gasteiger partial charge on any atom is -0.481 e. The third-order valence-electron chi connectivity index (χ3n) is 2.28. The molecule has 2 aromatic rings. The van der Waals surface area contributed by atoms with Gasteiger partial charge < -0.3 is 9.52 Å². The van der Waals surface area contributed by atoms with Crippen molar-refractivity contribution >= 4 is 5.97 Å². The summed E-state index contributed by atoms with van der Waals surface area (Å²) in [5.74, 6) is -0.699. The van der Waals surface area contributed by atoms with Gasteiger partial charge in [-0.05, 0) is 25.1 Å². The Morgan fingerprint density at radius 3 is 2.94 bits per heavy atom. The minimum absolute atomic E-state index is 0.204. The van der Waals surface area contributed by atoms with Gasteiger partial charge in [0.1, 0.15) is 11.6 Å². The molecule has 0 atom stereocenters. The number of aryl methyl sites for hydroxylation is 1. The second-order valence-electron chi connectivity index (χ2n) is 3.60. The van der Waals surface area contributed by atoms with E-state index in [1.54, 1.807) is 19.1 Å². The average Bonchev–Trinajstić information content (AvgIpc) is 2.59. The van der Waals surface area contributed by atoms with E-state index in [2.05, 4.69) is 4.98 Å². The van der Waals surface area contributed by atoms with E-state index in [9.17, 15) is 9.18 Å². The second kappa shape index (κ2) is 4.37. The Morgan fingerprint density at radius 2 is 2.29 bits per heavy atom. The Balaban J connectivity index is 2.37. The molecule has 0 aliphatic heterocycles. The maximum atomic E-state index is 13.0. The van der Waals surface area contributed by atoms with Gasteiger partial charge in [0.15, 0.2) is 0 Å². The fraction of sp³-hybridized carbons (Fsp3) is 0.167. The highest BCUT2D eigenvalue weighted by molar-refractivity contribution is 5.70. The summed E-state index contributed by atoms with van der Waals surface area (Å²) in [6.07, 6.45) is -0.204. The van der Waals surface area contributed by atoms with Crippen molar-refractivity contribution in [3.05, 3.63) is 41.5 Å². The first-order chi connectivity index (χ1) is 8.06. The molecule has 1 aromatic heterocycles. The monoisotopic (exact) mass is 235 g/mol. The second-order valence-corrected chi connectivity index (χ2v) is 3.60. The van der Waals surface area contributed by atoms with Crippen LogP contribution < -0.4 is 0 Å². The molecular weight excluding hydrogens is 225 g/mol. The molecule has 0 fully saturated rings. The van der Waals surface area contributed by atoms with Crippen molar-refractivity contribution in [3.8, 4) is 11.5 Å². The first-order valence-corrected chi connectivity index (χ1v) is 5.00. The number of carboxylic acid groups (broad SMARTS) is 1. The summed E-state index contributed by atoms with van der Waals surface area (Å²) in [5, 5.41) is 8.67. The van der Waals surface area contributed by atoms with E-state index >= 15 is 0 Å². The largest absolute Gasteiger partial charge is 0.481 e. The predicted molar refractivity (Wildman–Crippen MR) is 58.0 cm³/mol. The van der Waals surface area contributed by atoms with Crippen molar-refractivity contribution in [2.45, 2.75) is 13.3 Å². The quantitative estimate of drug-likeness (QED) is 0.887. The Labute approximate surface area is 96.7 Å². The zero-order chi connectivity index (χ0) is 12.4. The molecule has 1 heterocycles. The third-order valence-corrected chi connectivity index (χ3v) is 2.28. The Morgan fingerprint density at radius 1 is 1.53 bits per heavy atom. The van der Waals surface area contributed by atoms with Gasteiger partial charge in [-0.2, -0.15) is 0 Å². The van der Waals surface area contributed by atoms with Crippen LogP contribution in [0.5, 0.6) is 0 Å². The highest BCUT2D eigenvalue weighted by Gasteiger charge is 2.14. The van der Waals surface area contributed by atoms with Crippen LogP contribution in [0, 0.1) is 12.7 Å². The van der Waals surface area contributed by atoms with E-state index in [4.69, 9.17) is 9.52 Å². The summed E-state index contributed by atoms with van der Waals surface area (Å²) in [5.41, 5.74) is 0.849. The lowest BCUT2D eigenvalue weighted by Gasteiger charge is -1.94. The predicted octanol–water partition coefficient (Wildman–Crippen LogP) is 2.42. The average molecular weight is 235 g/mol. The van der Waals surface area contributed by atoms with Crippen LogP contribution >= 0.6 is 0 Å². The highest BCUT2D eigenvalue weighted by atomic mass is 19.1. The summed E-state index contributed by atoms with van der Waals surface area (Å²) in [7, 11) is 0. The van der Waals surface area contributed by atoms with Gasteiger partial charge in [-0.1, -0.05) is 6.07 Å². The molecule has 0 radical (unpaired) electrons. The van der Waals surface area contributed by atoms with Crippen molar-refractivity contribution in [3.63, 3.8) is 0 Å². The number of halogens is 1. The molecule has 2 rings (SSSR count). The standard InChI is InChI=1S/C12H10FNO3/c1-7-10(6-11(15)16)14-12(17-7)8-3-2-4-9(13)5-8/h2-5H,6H2,1H3,(H,15,16). The first kappa shape index (κ1) is 11.3. The SMILES string of the molecule is Cc1oc(-c2cccc(F)c2)nc1CC(=O)O. The van der Waals surface area contributed by atoms with Crippen LogP contribution in [0.25, 0.3) is 11.5 Å². The number of oxazole rings is 1. The highest BCUT2D eigenvalue weighted by Crippen LogP contribution is 2.22. The molecule has 0 saturated heterocycles. The topological polar surface area (TPSA) is 63.3 Å². The van der Waals surface area contributed by atoms with Crippen LogP contribution in [0.3, 0.4) is 0 Å². The number of aromatic nitrogens is 1. The normalized spacial score (nSPS) is 10.5. The lowest BCUT2D eigenvalue weighted by atomic mass is 10.2. The molecule has 17 heavy (non-hydrogen) atoms. The number of aliphatic carboxylic acids is 1. The van der Waals surface area contributed by atoms with Crippen LogP contribution in [0.15, 0.2) is 28.7 Å². The van der Waals surface area contributed by atoms with E-state index < -0.39 is 11.8 Å². The van der Waals surface area contributed by atoms with Gasteiger partial charge >= 0.3 is 5.97 Å². The van der Waals surface area contributed by atoms with E-state index in [1.807, 2.05) is 0 Å². The molecule has 5 heteroatoms. The molecule has 0 aliphatic carbocycles. The molecule has 0 bridgehead atoms. The maximum Gasteiger partial charge on any atom is 0.309 e. The van der Waals surface area contributed by atoms with Crippen LogP contribution in [0.4, 0.5) is 4.39 Å². The van der Waals surface area contributed by atoms with Gasteiger partial charge in [-0.25, -0.2) is 9.37 Å². The van der Waals surface area contributed by atoms with Crippen LogP contribution in [-0.2, 0) is 11.2 Å². The molecule has 0 spiro atoms.